The van der Waals surface area contributed by atoms with Gasteiger partial charge in [0.2, 0.25) is 0 Å². The first-order valence-corrected chi connectivity index (χ1v) is 8.07. The molecule has 1 unspecified atom stereocenters. The number of nitrogens with one attached hydrogen (secondary N) is 1. The second kappa shape index (κ2) is 6.17. The Morgan fingerprint density at radius 3 is 2.52 bits per heavy atom. The summed E-state index contributed by atoms with van der Waals surface area (Å²) < 4.78 is 6.05. The Morgan fingerprint density at radius 1 is 1.10 bits per heavy atom. The fourth-order valence-corrected chi connectivity index (χ4v) is 3.87. The van der Waals surface area contributed by atoms with E-state index < -0.39 is 0 Å². The Bertz CT molecular complexity index is 596. The van der Waals surface area contributed by atoms with Gasteiger partial charge < -0.3 is 10.1 Å². The molecule has 2 aromatic rings. The molecule has 0 spiro atoms. The molecular weight excluding hydrogens is 258 g/mol. The molecule has 1 atom stereocenters. The molecule has 112 valence electrons. The highest BCUT2D eigenvalue weighted by Gasteiger charge is 2.42. The van der Waals surface area contributed by atoms with Crippen LogP contribution in [0.15, 0.2) is 42.5 Å². The second-order valence-electron chi connectivity index (χ2n) is 6.04. The van der Waals surface area contributed by atoms with E-state index in [1.54, 1.807) is 0 Å². The maximum atomic E-state index is 6.05. The van der Waals surface area contributed by atoms with E-state index in [1.165, 1.54) is 29.2 Å². The van der Waals surface area contributed by atoms with Crippen molar-refractivity contribution in [2.75, 3.05) is 13.7 Å². The van der Waals surface area contributed by atoms with Gasteiger partial charge in [0.05, 0.1) is 11.6 Å². The molecule has 0 amide bonds. The van der Waals surface area contributed by atoms with Crippen LogP contribution in [0.5, 0.6) is 0 Å². The summed E-state index contributed by atoms with van der Waals surface area (Å²) in [5, 5.41) is 6.35. The number of fused-ring (bicyclic) bond motifs is 1. The van der Waals surface area contributed by atoms with Crippen molar-refractivity contribution in [3.8, 4) is 0 Å². The van der Waals surface area contributed by atoms with Crippen LogP contribution in [0, 0.1) is 0 Å². The number of hydrogen-bond acceptors (Lipinski definition) is 2. The Labute approximate surface area is 127 Å². The lowest BCUT2D eigenvalue weighted by atomic mass is 9.84. The molecule has 0 saturated heterocycles. The van der Waals surface area contributed by atoms with Crippen LogP contribution >= 0.6 is 0 Å². The molecule has 1 aliphatic carbocycles. The average molecular weight is 283 g/mol. The quantitative estimate of drug-likeness (QED) is 0.875. The predicted octanol–water partition coefficient (Wildman–Crippen LogP) is 4.45. The zero-order valence-corrected chi connectivity index (χ0v) is 13.1. The highest BCUT2D eigenvalue weighted by molar-refractivity contribution is 5.86. The van der Waals surface area contributed by atoms with E-state index in [2.05, 4.69) is 54.7 Å². The van der Waals surface area contributed by atoms with Gasteiger partial charge in [-0.2, -0.15) is 0 Å². The van der Waals surface area contributed by atoms with Gasteiger partial charge in [0, 0.05) is 7.11 Å². The molecule has 1 fully saturated rings. The zero-order valence-electron chi connectivity index (χ0n) is 13.1. The smallest absolute Gasteiger partial charge is 0.0872 e. The third-order valence-electron chi connectivity index (χ3n) is 4.93. The number of rotatable bonds is 5. The lowest BCUT2D eigenvalue weighted by molar-refractivity contribution is -0.0360. The van der Waals surface area contributed by atoms with Crippen LogP contribution < -0.4 is 5.32 Å². The van der Waals surface area contributed by atoms with Crippen LogP contribution in [0.3, 0.4) is 0 Å². The fraction of sp³-hybridized carbons (Fsp3) is 0.474. The molecule has 0 radical (unpaired) electrons. The monoisotopic (exact) mass is 283 g/mol. The maximum Gasteiger partial charge on any atom is 0.0872 e. The van der Waals surface area contributed by atoms with Gasteiger partial charge in [-0.1, -0.05) is 62.2 Å². The van der Waals surface area contributed by atoms with Gasteiger partial charge in [-0.25, -0.2) is 0 Å². The molecule has 0 aromatic heterocycles. The number of methoxy groups -OCH3 is 1. The van der Waals surface area contributed by atoms with Crippen molar-refractivity contribution >= 4 is 10.8 Å². The average Bonchev–Trinajstić information content (AvgIpc) is 3.02. The molecule has 0 aliphatic heterocycles. The van der Waals surface area contributed by atoms with Crippen molar-refractivity contribution in [3.05, 3.63) is 48.0 Å². The Morgan fingerprint density at radius 2 is 1.81 bits per heavy atom. The highest BCUT2D eigenvalue weighted by atomic mass is 16.5. The lowest BCUT2D eigenvalue weighted by Crippen LogP contribution is -2.43. The summed E-state index contributed by atoms with van der Waals surface area (Å²) in [5.74, 6) is 0. The maximum absolute atomic E-state index is 6.05. The Balaban J connectivity index is 2.11. The normalized spacial score (nSPS) is 19.0. The van der Waals surface area contributed by atoms with Gasteiger partial charge in [-0.05, 0) is 35.7 Å². The first kappa shape index (κ1) is 14.6. The molecular formula is C19H25NO. The minimum absolute atomic E-state index is 0.0554. The molecule has 1 N–H and O–H groups in total. The van der Waals surface area contributed by atoms with E-state index in [9.17, 15) is 0 Å². The van der Waals surface area contributed by atoms with Gasteiger partial charge in [0.15, 0.2) is 0 Å². The summed E-state index contributed by atoms with van der Waals surface area (Å²) in [4.78, 5) is 0. The largest absolute Gasteiger partial charge is 0.376 e. The van der Waals surface area contributed by atoms with Crippen LogP contribution in [0.2, 0.25) is 0 Å². The molecule has 1 aliphatic rings. The summed E-state index contributed by atoms with van der Waals surface area (Å²) >= 11 is 0. The van der Waals surface area contributed by atoms with Crippen molar-refractivity contribution in [3.63, 3.8) is 0 Å². The molecule has 3 rings (SSSR count). The number of hydrogen-bond donors (Lipinski definition) is 1. The highest BCUT2D eigenvalue weighted by Crippen LogP contribution is 2.44. The topological polar surface area (TPSA) is 21.3 Å². The Hall–Kier alpha value is -1.38. The fourth-order valence-electron chi connectivity index (χ4n) is 3.87. The van der Waals surface area contributed by atoms with E-state index in [0.717, 1.165) is 19.4 Å². The summed E-state index contributed by atoms with van der Waals surface area (Å²) in [6.07, 6.45) is 4.82. The summed E-state index contributed by atoms with van der Waals surface area (Å²) in [6.45, 7) is 3.13. The van der Waals surface area contributed by atoms with Crippen LogP contribution in [0.25, 0.3) is 10.8 Å². The van der Waals surface area contributed by atoms with Crippen molar-refractivity contribution in [2.24, 2.45) is 0 Å². The van der Waals surface area contributed by atoms with Crippen molar-refractivity contribution < 1.29 is 4.74 Å². The van der Waals surface area contributed by atoms with Crippen LogP contribution in [0.1, 0.15) is 44.2 Å². The van der Waals surface area contributed by atoms with E-state index in [1.807, 2.05) is 7.11 Å². The van der Waals surface area contributed by atoms with Gasteiger partial charge in [-0.15, -0.1) is 0 Å². The SMILES string of the molecule is CCNC(c1cccc2ccccc12)C1(OC)CCCC1. The molecule has 0 heterocycles. The summed E-state index contributed by atoms with van der Waals surface area (Å²) in [6, 6.07) is 15.5. The van der Waals surface area contributed by atoms with Crippen LogP contribution in [-0.2, 0) is 4.74 Å². The van der Waals surface area contributed by atoms with Gasteiger partial charge in [0.25, 0.3) is 0 Å². The molecule has 21 heavy (non-hydrogen) atoms. The molecule has 0 bridgehead atoms. The summed E-state index contributed by atoms with van der Waals surface area (Å²) in [5.41, 5.74) is 1.32. The van der Waals surface area contributed by atoms with E-state index in [4.69, 9.17) is 4.74 Å². The third kappa shape index (κ3) is 2.58. The van der Waals surface area contributed by atoms with Crippen LogP contribution in [0.4, 0.5) is 0 Å². The first-order valence-electron chi connectivity index (χ1n) is 8.07. The lowest BCUT2D eigenvalue weighted by Gasteiger charge is -2.38. The minimum Gasteiger partial charge on any atom is -0.376 e. The van der Waals surface area contributed by atoms with Crippen molar-refractivity contribution in [1.82, 2.24) is 5.32 Å². The van der Waals surface area contributed by atoms with E-state index in [0.29, 0.717) is 0 Å². The third-order valence-corrected chi connectivity index (χ3v) is 4.93. The first-order chi connectivity index (χ1) is 10.3. The standard InChI is InChI=1S/C19H25NO/c1-3-20-18(19(21-2)13-6-7-14-19)17-12-8-10-15-9-4-5-11-16(15)17/h4-5,8-12,18,20H,3,6-7,13-14H2,1-2H3. The number of benzene rings is 2. The molecule has 1 saturated carbocycles. The molecule has 2 aromatic carbocycles. The van der Waals surface area contributed by atoms with Gasteiger partial charge >= 0.3 is 0 Å². The zero-order chi connectivity index (χ0) is 14.7. The molecule has 2 heteroatoms. The van der Waals surface area contributed by atoms with Gasteiger partial charge in [-0.3, -0.25) is 0 Å². The second-order valence-corrected chi connectivity index (χ2v) is 6.04. The Kier molecular flexibility index (Phi) is 4.27. The minimum atomic E-state index is -0.0554. The van der Waals surface area contributed by atoms with Crippen molar-refractivity contribution in [2.45, 2.75) is 44.2 Å². The number of ether oxygens (including phenoxy) is 1. The molecule has 2 nitrogen and oxygen atoms in total. The van der Waals surface area contributed by atoms with Crippen molar-refractivity contribution in [1.29, 1.82) is 0 Å². The van der Waals surface area contributed by atoms with Crippen LogP contribution in [-0.4, -0.2) is 19.3 Å². The van der Waals surface area contributed by atoms with E-state index in [-0.39, 0.29) is 11.6 Å². The number of likely N-dealkylation sites (N-methyl/N-ethyl adjacent to an activating group) is 1. The predicted molar refractivity (Wildman–Crippen MR) is 88.6 cm³/mol. The summed E-state index contributed by atoms with van der Waals surface area (Å²) in [7, 11) is 1.88. The van der Waals surface area contributed by atoms with Gasteiger partial charge in [0.1, 0.15) is 0 Å². The van der Waals surface area contributed by atoms with E-state index >= 15 is 0 Å².